The van der Waals surface area contributed by atoms with E-state index in [1.165, 1.54) is 11.3 Å². The number of carbonyl (C=O) groups is 2. The van der Waals surface area contributed by atoms with Crippen LogP contribution in [0.1, 0.15) is 32.7 Å². The first-order valence-electron chi connectivity index (χ1n) is 5.62. The summed E-state index contributed by atoms with van der Waals surface area (Å²) in [5.74, 6) is -0.483. The van der Waals surface area contributed by atoms with Gasteiger partial charge in [-0.3, -0.25) is 9.59 Å². The van der Waals surface area contributed by atoms with E-state index in [1.807, 2.05) is 20.8 Å². The molecule has 0 aliphatic rings. The first kappa shape index (κ1) is 14.6. The van der Waals surface area contributed by atoms with Crippen LogP contribution in [0.2, 0.25) is 0 Å². The second kappa shape index (κ2) is 5.90. The molecular weight excluding hydrogens is 254 g/mol. The Labute approximate surface area is 110 Å². The van der Waals surface area contributed by atoms with E-state index in [2.05, 4.69) is 15.5 Å². The summed E-state index contributed by atoms with van der Waals surface area (Å²) in [4.78, 5) is 22.9. The van der Waals surface area contributed by atoms with Crippen LogP contribution in [0.15, 0.2) is 0 Å². The first-order chi connectivity index (χ1) is 8.32. The van der Waals surface area contributed by atoms with Crippen molar-refractivity contribution < 1.29 is 14.3 Å². The average Bonchev–Trinajstić information content (AvgIpc) is 2.64. The van der Waals surface area contributed by atoms with Crippen molar-refractivity contribution in [1.29, 1.82) is 0 Å². The fourth-order valence-corrected chi connectivity index (χ4v) is 1.72. The molecule has 1 heterocycles. The van der Waals surface area contributed by atoms with Gasteiger partial charge in [-0.15, -0.1) is 10.2 Å². The average molecular weight is 271 g/mol. The number of nitrogens with zero attached hydrogens (tertiary/aromatic N) is 2. The number of amides is 1. The van der Waals surface area contributed by atoms with Gasteiger partial charge in [0, 0.05) is 5.41 Å². The lowest BCUT2D eigenvalue weighted by Crippen LogP contribution is -2.27. The quantitative estimate of drug-likeness (QED) is 0.842. The van der Waals surface area contributed by atoms with Crippen molar-refractivity contribution in [3.63, 3.8) is 0 Å². The number of ether oxygens (including phenoxy) is 1. The number of nitrogens with one attached hydrogen (secondary N) is 1. The maximum absolute atomic E-state index is 11.7. The Morgan fingerprint density at radius 3 is 2.56 bits per heavy atom. The Morgan fingerprint density at radius 1 is 1.33 bits per heavy atom. The minimum atomic E-state index is -0.493. The molecule has 1 N–H and O–H groups in total. The Morgan fingerprint density at radius 2 is 2.00 bits per heavy atom. The van der Waals surface area contributed by atoms with Crippen molar-refractivity contribution in [3.8, 4) is 0 Å². The highest BCUT2D eigenvalue weighted by atomic mass is 32.1. The predicted molar refractivity (Wildman–Crippen MR) is 68.3 cm³/mol. The molecule has 1 aromatic heterocycles. The molecule has 0 radical (unpaired) electrons. The van der Waals surface area contributed by atoms with Crippen LogP contribution in [0.4, 0.5) is 5.13 Å². The van der Waals surface area contributed by atoms with Crippen LogP contribution < -0.4 is 5.32 Å². The van der Waals surface area contributed by atoms with E-state index in [4.69, 9.17) is 4.74 Å². The molecule has 0 aliphatic carbocycles. The molecule has 0 spiro atoms. The van der Waals surface area contributed by atoms with Gasteiger partial charge in [-0.1, -0.05) is 32.1 Å². The summed E-state index contributed by atoms with van der Waals surface area (Å²) in [6.07, 6.45) is 0.0803. The highest BCUT2D eigenvalue weighted by molar-refractivity contribution is 7.15. The number of esters is 1. The molecule has 6 nitrogen and oxygen atoms in total. The van der Waals surface area contributed by atoms with Gasteiger partial charge in [-0.05, 0) is 6.92 Å². The minimum Gasteiger partial charge on any atom is -0.466 e. The summed E-state index contributed by atoms with van der Waals surface area (Å²) >= 11 is 1.18. The zero-order valence-corrected chi connectivity index (χ0v) is 11.8. The van der Waals surface area contributed by atoms with Crippen molar-refractivity contribution in [2.45, 2.75) is 34.1 Å². The Kier molecular flexibility index (Phi) is 4.77. The van der Waals surface area contributed by atoms with Crippen LogP contribution in [0, 0.1) is 5.41 Å². The number of carbonyl (C=O) groups excluding carboxylic acids is 2. The molecule has 0 aromatic carbocycles. The third kappa shape index (κ3) is 4.40. The van der Waals surface area contributed by atoms with E-state index in [9.17, 15) is 9.59 Å². The third-order valence-corrected chi connectivity index (χ3v) is 2.81. The van der Waals surface area contributed by atoms with Gasteiger partial charge in [0.25, 0.3) is 0 Å². The summed E-state index contributed by atoms with van der Waals surface area (Å²) in [5.41, 5.74) is -0.493. The van der Waals surface area contributed by atoms with E-state index in [0.29, 0.717) is 16.7 Å². The molecule has 0 saturated carbocycles. The molecule has 1 aromatic rings. The van der Waals surface area contributed by atoms with E-state index < -0.39 is 5.41 Å². The smallest absolute Gasteiger partial charge is 0.312 e. The van der Waals surface area contributed by atoms with Gasteiger partial charge in [0.15, 0.2) is 0 Å². The van der Waals surface area contributed by atoms with Gasteiger partial charge >= 0.3 is 5.97 Å². The van der Waals surface area contributed by atoms with E-state index in [-0.39, 0.29) is 18.3 Å². The van der Waals surface area contributed by atoms with Crippen LogP contribution >= 0.6 is 11.3 Å². The Bertz CT molecular complexity index is 437. The maximum atomic E-state index is 11.7. The summed E-state index contributed by atoms with van der Waals surface area (Å²) in [6.45, 7) is 7.51. The number of anilines is 1. The molecule has 1 rings (SSSR count). The van der Waals surface area contributed by atoms with Crippen LogP contribution in [-0.4, -0.2) is 28.7 Å². The summed E-state index contributed by atoms with van der Waals surface area (Å²) in [7, 11) is 0. The zero-order valence-electron chi connectivity index (χ0n) is 10.9. The van der Waals surface area contributed by atoms with Crippen molar-refractivity contribution in [2.75, 3.05) is 11.9 Å². The zero-order chi connectivity index (χ0) is 13.8. The monoisotopic (exact) mass is 271 g/mol. The normalized spacial score (nSPS) is 11.1. The van der Waals surface area contributed by atoms with Crippen LogP contribution in [-0.2, 0) is 20.7 Å². The maximum Gasteiger partial charge on any atom is 0.312 e. The van der Waals surface area contributed by atoms with Gasteiger partial charge in [0.1, 0.15) is 5.01 Å². The number of hydrogen-bond donors (Lipinski definition) is 1. The fraction of sp³-hybridized carbons (Fsp3) is 0.636. The largest absolute Gasteiger partial charge is 0.466 e. The van der Waals surface area contributed by atoms with Crippen molar-refractivity contribution >= 4 is 28.3 Å². The van der Waals surface area contributed by atoms with Gasteiger partial charge in [-0.2, -0.15) is 0 Å². The molecule has 0 atom stereocenters. The van der Waals surface area contributed by atoms with Gasteiger partial charge < -0.3 is 10.1 Å². The Balaban J connectivity index is 2.59. The van der Waals surface area contributed by atoms with Crippen molar-refractivity contribution in [1.82, 2.24) is 10.2 Å². The molecule has 18 heavy (non-hydrogen) atoms. The van der Waals surface area contributed by atoms with Gasteiger partial charge in [0.05, 0.1) is 13.0 Å². The van der Waals surface area contributed by atoms with E-state index in [1.54, 1.807) is 6.92 Å². The lowest BCUT2D eigenvalue weighted by molar-refractivity contribution is -0.142. The van der Waals surface area contributed by atoms with E-state index in [0.717, 1.165) is 0 Å². The second-order valence-electron chi connectivity index (χ2n) is 4.69. The van der Waals surface area contributed by atoms with Crippen LogP contribution in [0.25, 0.3) is 0 Å². The molecule has 0 fully saturated rings. The standard InChI is InChI=1S/C11H17N3O3S/c1-5-17-8(15)6-7-13-14-10(18-7)12-9(16)11(2,3)4/h5-6H2,1-4H3,(H,12,14,16). The number of rotatable bonds is 4. The lowest BCUT2D eigenvalue weighted by atomic mass is 9.96. The molecule has 1 amide bonds. The summed E-state index contributed by atoms with van der Waals surface area (Å²) in [6, 6.07) is 0. The molecule has 0 aliphatic heterocycles. The van der Waals surface area contributed by atoms with E-state index >= 15 is 0 Å². The van der Waals surface area contributed by atoms with Gasteiger partial charge in [-0.25, -0.2) is 0 Å². The van der Waals surface area contributed by atoms with Crippen LogP contribution in [0.3, 0.4) is 0 Å². The summed E-state index contributed by atoms with van der Waals surface area (Å²) < 4.78 is 4.80. The Hall–Kier alpha value is -1.50. The molecule has 100 valence electrons. The fourth-order valence-electron chi connectivity index (χ4n) is 0.996. The van der Waals surface area contributed by atoms with Crippen molar-refractivity contribution in [2.24, 2.45) is 5.41 Å². The summed E-state index contributed by atoms with van der Waals surface area (Å²) in [5, 5.41) is 11.2. The predicted octanol–water partition coefficient (Wildman–Crippen LogP) is 1.63. The van der Waals surface area contributed by atoms with Gasteiger partial charge in [0.2, 0.25) is 11.0 Å². The highest BCUT2D eigenvalue weighted by Gasteiger charge is 2.22. The molecule has 0 saturated heterocycles. The molecule has 0 bridgehead atoms. The topological polar surface area (TPSA) is 81.2 Å². The lowest BCUT2D eigenvalue weighted by Gasteiger charge is -2.15. The van der Waals surface area contributed by atoms with Crippen molar-refractivity contribution in [3.05, 3.63) is 5.01 Å². The number of hydrogen-bond acceptors (Lipinski definition) is 6. The third-order valence-electron chi connectivity index (χ3n) is 1.97. The SMILES string of the molecule is CCOC(=O)Cc1nnc(NC(=O)C(C)(C)C)s1. The molecule has 7 heteroatoms. The number of aromatic nitrogens is 2. The molecular formula is C11H17N3O3S. The second-order valence-corrected chi connectivity index (χ2v) is 5.75. The molecule has 0 unspecified atom stereocenters. The first-order valence-corrected chi connectivity index (χ1v) is 6.44. The highest BCUT2D eigenvalue weighted by Crippen LogP contribution is 2.20. The van der Waals surface area contributed by atoms with Crippen LogP contribution in [0.5, 0.6) is 0 Å². The minimum absolute atomic E-state index is 0.0803.